The Morgan fingerprint density at radius 2 is 1.74 bits per heavy atom. The van der Waals surface area contributed by atoms with Crippen LogP contribution in [0, 0.1) is 11.3 Å². The van der Waals surface area contributed by atoms with Gasteiger partial charge in [0.2, 0.25) is 0 Å². The molecule has 2 aromatic rings. The molecule has 212 valence electrons. The topological polar surface area (TPSA) is 79.3 Å². The number of benzene rings is 2. The van der Waals surface area contributed by atoms with E-state index in [1.165, 1.54) is 26.3 Å². The zero-order chi connectivity index (χ0) is 28.3. The minimum absolute atomic E-state index is 0.0971. The summed E-state index contributed by atoms with van der Waals surface area (Å²) in [7, 11) is 2.58. The standard InChI is InChI=1S/C29H35F3N2O5/c1-33(25(35)28(37,29(30,31)32)23-9-6-10-24(17-23)38-2)14-11-22-18-27(19-22)12-15-34(16-13-27)26(36)39-20-21-7-4-3-5-8-21/h3-10,17,22,37H,11-16,18-20H2,1-2H3/t28-/m1/s1. The lowest BCUT2D eigenvalue weighted by atomic mass is 9.57. The predicted octanol–water partition coefficient (Wildman–Crippen LogP) is 5.12. The molecule has 1 N–H and O–H groups in total. The number of hydrogen-bond donors (Lipinski definition) is 1. The second-order valence-corrected chi connectivity index (χ2v) is 10.8. The van der Waals surface area contributed by atoms with Gasteiger partial charge in [-0.15, -0.1) is 0 Å². The van der Waals surface area contributed by atoms with E-state index in [4.69, 9.17) is 9.47 Å². The molecule has 4 rings (SSSR count). The molecular formula is C29H35F3N2O5. The molecule has 0 aromatic heterocycles. The summed E-state index contributed by atoms with van der Waals surface area (Å²) in [5, 5.41) is 10.7. The van der Waals surface area contributed by atoms with Crippen molar-refractivity contribution in [1.82, 2.24) is 9.80 Å². The monoisotopic (exact) mass is 548 g/mol. The Morgan fingerprint density at radius 1 is 1.08 bits per heavy atom. The van der Waals surface area contributed by atoms with Crippen molar-refractivity contribution in [3.63, 3.8) is 0 Å². The lowest BCUT2D eigenvalue weighted by Crippen LogP contribution is -2.55. The average molecular weight is 549 g/mol. The lowest BCUT2D eigenvalue weighted by molar-refractivity contribution is -0.261. The van der Waals surface area contributed by atoms with Crippen LogP contribution in [0.1, 0.15) is 43.2 Å². The molecule has 39 heavy (non-hydrogen) atoms. The SMILES string of the molecule is COc1cccc([C@@](O)(C(=O)N(C)CCC2CC3(CCN(C(=O)OCc4ccccc4)CC3)C2)C(F)(F)F)c1. The Morgan fingerprint density at radius 3 is 2.36 bits per heavy atom. The van der Waals surface area contributed by atoms with Crippen LogP contribution in [0.2, 0.25) is 0 Å². The first kappa shape index (κ1) is 28.7. The Labute approximate surface area is 226 Å². The lowest BCUT2D eigenvalue weighted by Gasteiger charge is -2.52. The zero-order valence-electron chi connectivity index (χ0n) is 22.2. The fraction of sp³-hybridized carbons (Fsp3) is 0.517. The number of aliphatic hydroxyl groups is 1. The van der Waals surface area contributed by atoms with Crippen molar-refractivity contribution in [2.24, 2.45) is 11.3 Å². The largest absolute Gasteiger partial charge is 0.497 e. The minimum Gasteiger partial charge on any atom is -0.497 e. The second-order valence-electron chi connectivity index (χ2n) is 10.8. The number of piperidine rings is 1. The van der Waals surface area contributed by atoms with Crippen molar-refractivity contribution in [3.05, 3.63) is 65.7 Å². The highest BCUT2D eigenvalue weighted by Crippen LogP contribution is 2.53. The smallest absolute Gasteiger partial charge is 0.430 e. The first-order chi connectivity index (χ1) is 18.5. The molecule has 1 atom stereocenters. The van der Waals surface area contributed by atoms with Crippen molar-refractivity contribution in [3.8, 4) is 5.75 Å². The van der Waals surface area contributed by atoms with Gasteiger partial charge in [0.15, 0.2) is 0 Å². The highest BCUT2D eigenvalue weighted by atomic mass is 19.4. The molecule has 1 aliphatic carbocycles. The van der Waals surface area contributed by atoms with E-state index in [0.29, 0.717) is 19.5 Å². The van der Waals surface area contributed by atoms with Crippen LogP contribution in [-0.2, 0) is 21.7 Å². The van der Waals surface area contributed by atoms with Gasteiger partial charge in [-0.1, -0.05) is 42.5 Å². The van der Waals surface area contributed by atoms with Gasteiger partial charge in [0, 0.05) is 32.2 Å². The summed E-state index contributed by atoms with van der Waals surface area (Å²) in [6, 6.07) is 14.3. The van der Waals surface area contributed by atoms with E-state index in [2.05, 4.69) is 0 Å². The van der Waals surface area contributed by atoms with Gasteiger partial charge >= 0.3 is 12.3 Å². The highest BCUT2D eigenvalue weighted by Gasteiger charge is 2.62. The average Bonchev–Trinajstić information content (AvgIpc) is 2.92. The molecule has 1 saturated carbocycles. The van der Waals surface area contributed by atoms with Gasteiger partial charge < -0.3 is 24.4 Å². The Balaban J connectivity index is 1.25. The van der Waals surface area contributed by atoms with Crippen molar-refractivity contribution >= 4 is 12.0 Å². The number of carbonyl (C=O) groups is 2. The maximum atomic E-state index is 14.0. The molecule has 0 unspecified atom stereocenters. The van der Waals surface area contributed by atoms with Crippen LogP contribution in [0.15, 0.2) is 54.6 Å². The molecule has 2 aromatic carbocycles. The van der Waals surface area contributed by atoms with E-state index in [-0.39, 0.29) is 36.3 Å². The van der Waals surface area contributed by atoms with E-state index in [1.54, 1.807) is 4.90 Å². The minimum atomic E-state index is -5.21. The van der Waals surface area contributed by atoms with Crippen LogP contribution in [0.25, 0.3) is 0 Å². The summed E-state index contributed by atoms with van der Waals surface area (Å²) >= 11 is 0. The normalized spacial score (nSPS) is 18.7. The molecule has 1 heterocycles. The zero-order valence-corrected chi connectivity index (χ0v) is 22.2. The summed E-state index contributed by atoms with van der Waals surface area (Å²) in [6.45, 7) is 1.55. The van der Waals surface area contributed by atoms with Gasteiger partial charge in [-0.25, -0.2) is 4.79 Å². The Kier molecular flexibility index (Phi) is 8.44. The van der Waals surface area contributed by atoms with Gasteiger partial charge in [0.1, 0.15) is 12.4 Å². The first-order valence-corrected chi connectivity index (χ1v) is 13.1. The van der Waals surface area contributed by atoms with Gasteiger partial charge in [0.25, 0.3) is 11.5 Å². The van der Waals surface area contributed by atoms with Gasteiger partial charge in [-0.3, -0.25) is 4.79 Å². The van der Waals surface area contributed by atoms with E-state index in [1.807, 2.05) is 30.3 Å². The second kappa shape index (κ2) is 11.5. The van der Waals surface area contributed by atoms with E-state index in [9.17, 15) is 27.9 Å². The number of likely N-dealkylation sites (tertiary alicyclic amines) is 1. The maximum Gasteiger partial charge on any atom is 0.430 e. The number of carbonyl (C=O) groups excluding carboxylic acids is 2. The molecule has 2 aliphatic rings. The third-order valence-electron chi connectivity index (χ3n) is 8.16. The van der Waals surface area contributed by atoms with E-state index < -0.39 is 23.2 Å². The van der Waals surface area contributed by atoms with Crippen LogP contribution >= 0.6 is 0 Å². The molecule has 10 heteroatoms. The summed E-state index contributed by atoms with van der Waals surface area (Å²) in [5.41, 5.74) is -3.19. The number of amides is 2. The molecule has 0 radical (unpaired) electrons. The first-order valence-electron chi connectivity index (χ1n) is 13.1. The fourth-order valence-electron chi connectivity index (χ4n) is 5.76. The third kappa shape index (κ3) is 6.16. The molecule has 1 spiro atoms. The Hall–Kier alpha value is -3.27. The van der Waals surface area contributed by atoms with Gasteiger partial charge in [0.05, 0.1) is 7.11 Å². The number of likely N-dealkylation sites (N-methyl/N-ethyl adjacent to an activating group) is 1. The van der Waals surface area contributed by atoms with Crippen molar-refractivity contribution in [1.29, 1.82) is 0 Å². The van der Waals surface area contributed by atoms with Gasteiger partial charge in [-0.05, 0) is 61.1 Å². The number of methoxy groups -OCH3 is 1. The third-order valence-corrected chi connectivity index (χ3v) is 8.16. The number of rotatable bonds is 8. The molecular weight excluding hydrogens is 513 g/mol. The summed E-state index contributed by atoms with van der Waals surface area (Å²) in [4.78, 5) is 28.1. The number of alkyl halides is 3. The molecule has 0 bridgehead atoms. The number of ether oxygens (including phenoxy) is 2. The molecule has 1 aliphatic heterocycles. The molecule has 2 fully saturated rings. The Bertz CT molecular complexity index is 1140. The van der Waals surface area contributed by atoms with Crippen LogP contribution < -0.4 is 4.74 Å². The predicted molar refractivity (Wildman–Crippen MR) is 138 cm³/mol. The summed E-state index contributed by atoms with van der Waals surface area (Å²) < 4.78 is 52.4. The number of nitrogens with zero attached hydrogens (tertiary/aromatic N) is 2. The van der Waals surface area contributed by atoms with Crippen LogP contribution in [0.4, 0.5) is 18.0 Å². The van der Waals surface area contributed by atoms with Crippen LogP contribution in [0.3, 0.4) is 0 Å². The maximum absolute atomic E-state index is 14.0. The van der Waals surface area contributed by atoms with Crippen molar-refractivity contribution in [2.45, 2.75) is 50.5 Å². The number of halogens is 3. The fourth-order valence-corrected chi connectivity index (χ4v) is 5.76. The van der Waals surface area contributed by atoms with Crippen molar-refractivity contribution in [2.75, 3.05) is 33.8 Å². The number of hydrogen-bond acceptors (Lipinski definition) is 5. The summed E-state index contributed by atoms with van der Waals surface area (Å²) in [6.07, 6.45) is -1.48. The molecule has 1 saturated heterocycles. The van der Waals surface area contributed by atoms with Crippen LogP contribution in [0.5, 0.6) is 5.75 Å². The van der Waals surface area contributed by atoms with Crippen molar-refractivity contribution < 1.29 is 37.3 Å². The summed E-state index contributed by atoms with van der Waals surface area (Å²) in [5.74, 6) is -1.03. The molecule has 2 amide bonds. The van der Waals surface area contributed by atoms with E-state index in [0.717, 1.165) is 48.3 Å². The quantitative estimate of drug-likeness (QED) is 0.495. The van der Waals surface area contributed by atoms with E-state index >= 15 is 0 Å². The van der Waals surface area contributed by atoms with Gasteiger partial charge in [-0.2, -0.15) is 13.2 Å². The van der Waals surface area contributed by atoms with Crippen LogP contribution in [-0.4, -0.2) is 66.9 Å². The molecule has 7 nitrogen and oxygen atoms in total. The highest BCUT2D eigenvalue weighted by molar-refractivity contribution is 5.87.